The number of rotatable bonds is 11. The number of halogens is 3. The Balaban J connectivity index is 1.80. The van der Waals surface area contributed by atoms with Gasteiger partial charge in [-0.3, -0.25) is 10.1 Å². The zero-order chi connectivity index (χ0) is 27.1. The molecular formula is C27H27F3N2O4S. The van der Waals surface area contributed by atoms with Crippen molar-refractivity contribution in [3.63, 3.8) is 0 Å². The van der Waals surface area contributed by atoms with E-state index in [2.05, 4.69) is 17.2 Å². The number of aliphatic carboxylic acids is 1. The molecule has 1 aromatic heterocycles. The van der Waals surface area contributed by atoms with E-state index in [1.165, 1.54) is 6.92 Å². The van der Waals surface area contributed by atoms with Crippen LogP contribution in [0.3, 0.4) is 0 Å². The lowest BCUT2D eigenvalue weighted by atomic mass is 9.99. The Labute approximate surface area is 216 Å². The highest BCUT2D eigenvalue weighted by molar-refractivity contribution is 7.14. The number of aromatic nitrogens is 1. The van der Waals surface area contributed by atoms with Crippen molar-refractivity contribution in [3.8, 4) is 11.3 Å². The van der Waals surface area contributed by atoms with Crippen LogP contribution in [-0.4, -0.2) is 29.1 Å². The highest BCUT2D eigenvalue weighted by Crippen LogP contribution is 2.33. The van der Waals surface area contributed by atoms with Gasteiger partial charge in [0.2, 0.25) is 0 Å². The molecule has 3 rings (SSSR count). The first-order valence-electron chi connectivity index (χ1n) is 11.6. The molecule has 6 nitrogen and oxygen atoms in total. The number of methoxy groups -OCH3 is 1. The lowest BCUT2D eigenvalue weighted by Crippen LogP contribution is -2.13. The molecule has 3 aromatic rings. The third-order valence-electron chi connectivity index (χ3n) is 5.77. The quantitative estimate of drug-likeness (QED) is 0.201. The van der Waals surface area contributed by atoms with Crippen molar-refractivity contribution >= 4 is 34.4 Å². The number of carboxylic acid groups (broad SMARTS) is 1. The molecule has 0 aliphatic carbocycles. The predicted molar refractivity (Wildman–Crippen MR) is 137 cm³/mol. The van der Waals surface area contributed by atoms with E-state index < -0.39 is 41.0 Å². The van der Waals surface area contributed by atoms with Crippen molar-refractivity contribution in [3.05, 3.63) is 75.4 Å². The van der Waals surface area contributed by atoms with E-state index in [-0.39, 0.29) is 21.8 Å². The van der Waals surface area contributed by atoms with Gasteiger partial charge in [-0.2, -0.15) is 0 Å². The van der Waals surface area contributed by atoms with E-state index in [9.17, 15) is 18.4 Å². The van der Waals surface area contributed by atoms with E-state index in [0.717, 1.165) is 48.8 Å². The van der Waals surface area contributed by atoms with Gasteiger partial charge in [-0.25, -0.2) is 22.9 Å². The lowest BCUT2D eigenvalue weighted by Gasteiger charge is -2.17. The first kappa shape index (κ1) is 28.1. The van der Waals surface area contributed by atoms with E-state index >= 15 is 4.39 Å². The first-order valence-corrected chi connectivity index (χ1v) is 12.5. The van der Waals surface area contributed by atoms with Gasteiger partial charge in [0.05, 0.1) is 11.8 Å². The molecule has 37 heavy (non-hydrogen) atoms. The standard InChI is InChI=1S/C27H27F3N2O4S/c1-4-5-6-10-23(36-3)18-9-7-8-17(24(18)30)22-14-37-27(31-22)32-25(33)16-12-20(28)19(21(29)13-16)11-15(2)26(34)35/h7-9,11-14,23H,4-6,10H2,1-3H3,(H,34,35)(H,31,32,33)/b15-11+. The summed E-state index contributed by atoms with van der Waals surface area (Å²) in [6.45, 7) is 3.28. The summed E-state index contributed by atoms with van der Waals surface area (Å²) < 4.78 is 49.7. The number of carboxylic acids is 1. The fourth-order valence-corrected chi connectivity index (χ4v) is 4.44. The third-order valence-corrected chi connectivity index (χ3v) is 6.53. The van der Waals surface area contributed by atoms with Gasteiger partial charge in [0.1, 0.15) is 17.5 Å². The minimum absolute atomic E-state index is 0.113. The predicted octanol–water partition coefficient (Wildman–Crippen LogP) is 7.24. The number of hydrogen-bond acceptors (Lipinski definition) is 5. The summed E-state index contributed by atoms with van der Waals surface area (Å²) in [6.07, 6.45) is 4.10. The number of amides is 1. The fourth-order valence-electron chi connectivity index (χ4n) is 3.73. The van der Waals surface area contributed by atoms with Gasteiger partial charge >= 0.3 is 5.97 Å². The van der Waals surface area contributed by atoms with Gasteiger partial charge in [-0.05, 0) is 37.6 Å². The molecule has 1 unspecified atom stereocenters. The summed E-state index contributed by atoms with van der Waals surface area (Å²) in [5, 5.41) is 13.1. The van der Waals surface area contributed by atoms with Crippen LogP contribution in [-0.2, 0) is 9.53 Å². The number of thiazole rings is 1. The van der Waals surface area contributed by atoms with Crippen LogP contribution in [0.15, 0.2) is 41.3 Å². The average molecular weight is 533 g/mol. The van der Waals surface area contributed by atoms with Gasteiger partial charge < -0.3 is 9.84 Å². The molecule has 1 amide bonds. The normalized spacial score (nSPS) is 12.4. The number of hydrogen-bond donors (Lipinski definition) is 2. The lowest BCUT2D eigenvalue weighted by molar-refractivity contribution is -0.132. The number of benzene rings is 2. The zero-order valence-corrected chi connectivity index (χ0v) is 21.4. The summed E-state index contributed by atoms with van der Waals surface area (Å²) in [5.74, 6) is -4.78. The number of carbonyl (C=O) groups excluding carboxylic acids is 1. The zero-order valence-electron chi connectivity index (χ0n) is 20.6. The average Bonchev–Trinajstić information content (AvgIpc) is 3.32. The Bertz CT molecular complexity index is 1300. The van der Waals surface area contributed by atoms with Crippen LogP contribution in [0, 0.1) is 17.5 Å². The smallest absolute Gasteiger partial charge is 0.331 e. The summed E-state index contributed by atoms with van der Waals surface area (Å²) in [4.78, 5) is 27.8. The van der Waals surface area contributed by atoms with Crippen LogP contribution in [0.5, 0.6) is 0 Å². The molecule has 1 atom stereocenters. The molecule has 0 radical (unpaired) electrons. The second-order valence-corrected chi connectivity index (χ2v) is 9.27. The molecule has 0 fully saturated rings. The van der Waals surface area contributed by atoms with Crippen molar-refractivity contribution < 1.29 is 32.6 Å². The van der Waals surface area contributed by atoms with Gasteiger partial charge in [-0.1, -0.05) is 38.3 Å². The van der Waals surface area contributed by atoms with Crippen molar-refractivity contribution in [2.24, 2.45) is 0 Å². The molecule has 0 spiro atoms. The number of nitrogens with one attached hydrogen (secondary N) is 1. The summed E-state index contributed by atoms with van der Waals surface area (Å²) in [7, 11) is 1.54. The van der Waals surface area contributed by atoms with Crippen LogP contribution in [0.2, 0.25) is 0 Å². The number of anilines is 1. The maximum atomic E-state index is 15.4. The van der Waals surface area contributed by atoms with Crippen LogP contribution >= 0.6 is 11.3 Å². The molecule has 0 aliphatic heterocycles. The largest absolute Gasteiger partial charge is 0.478 e. The number of unbranched alkanes of at least 4 members (excludes halogenated alkanes) is 2. The van der Waals surface area contributed by atoms with Crippen LogP contribution in [0.25, 0.3) is 17.3 Å². The first-order chi connectivity index (χ1) is 17.7. The highest BCUT2D eigenvalue weighted by Gasteiger charge is 2.21. The van der Waals surface area contributed by atoms with Crippen molar-refractivity contribution in [1.29, 1.82) is 0 Å². The van der Waals surface area contributed by atoms with Crippen LogP contribution < -0.4 is 5.32 Å². The summed E-state index contributed by atoms with van der Waals surface area (Å²) in [6, 6.07) is 6.58. The molecule has 0 bridgehead atoms. The van der Waals surface area contributed by atoms with Crippen LogP contribution in [0.1, 0.15) is 67.1 Å². The van der Waals surface area contributed by atoms with Crippen molar-refractivity contribution in [2.45, 2.75) is 45.6 Å². The second kappa shape index (κ2) is 12.6. The number of ether oxygens (including phenoxy) is 1. The Morgan fingerprint density at radius 1 is 1.19 bits per heavy atom. The van der Waals surface area contributed by atoms with Crippen LogP contribution in [0.4, 0.5) is 18.3 Å². The third kappa shape index (κ3) is 6.84. The van der Waals surface area contributed by atoms with Gasteiger partial charge in [0, 0.05) is 40.3 Å². The monoisotopic (exact) mass is 532 g/mol. The Morgan fingerprint density at radius 3 is 2.51 bits per heavy atom. The van der Waals surface area contributed by atoms with E-state index in [1.54, 1.807) is 30.7 Å². The molecule has 0 saturated heterocycles. The van der Waals surface area contributed by atoms with Crippen molar-refractivity contribution in [1.82, 2.24) is 4.98 Å². The van der Waals surface area contributed by atoms with E-state index in [1.807, 2.05) is 0 Å². The van der Waals surface area contributed by atoms with Gasteiger partial charge in [-0.15, -0.1) is 11.3 Å². The molecule has 0 saturated carbocycles. The maximum absolute atomic E-state index is 15.4. The van der Waals surface area contributed by atoms with Crippen molar-refractivity contribution in [2.75, 3.05) is 12.4 Å². The second-order valence-electron chi connectivity index (χ2n) is 8.41. The van der Waals surface area contributed by atoms with E-state index in [4.69, 9.17) is 9.84 Å². The number of nitrogens with zero attached hydrogens (tertiary/aromatic N) is 1. The fraction of sp³-hybridized carbons (Fsp3) is 0.296. The molecule has 1 heterocycles. The SMILES string of the molecule is CCCCCC(OC)c1cccc(-c2csc(NC(=O)c3cc(F)c(/C=C(\C)C(=O)O)c(F)c3)n2)c1F. The van der Waals surface area contributed by atoms with Gasteiger partial charge in [0.15, 0.2) is 5.13 Å². The summed E-state index contributed by atoms with van der Waals surface area (Å²) >= 11 is 1.03. The minimum Gasteiger partial charge on any atom is -0.478 e. The van der Waals surface area contributed by atoms with Gasteiger partial charge in [0.25, 0.3) is 5.91 Å². The minimum atomic E-state index is -1.32. The van der Waals surface area contributed by atoms with E-state index in [0.29, 0.717) is 17.7 Å². The maximum Gasteiger partial charge on any atom is 0.331 e. The Morgan fingerprint density at radius 2 is 1.89 bits per heavy atom. The molecule has 2 N–H and O–H groups in total. The molecule has 2 aromatic carbocycles. The summed E-state index contributed by atoms with van der Waals surface area (Å²) in [5.41, 5.74) is -0.182. The Hall–Kier alpha value is -3.50. The molecular weight excluding hydrogens is 505 g/mol. The highest BCUT2D eigenvalue weighted by atomic mass is 32.1. The number of carbonyl (C=O) groups is 2. The molecule has 10 heteroatoms. The molecule has 0 aliphatic rings. The Kier molecular flexibility index (Phi) is 9.60. The molecule has 196 valence electrons. The topological polar surface area (TPSA) is 88.5 Å².